The Morgan fingerprint density at radius 2 is 2.36 bits per heavy atom. The molecule has 1 amide bonds. The third kappa shape index (κ3) is 3.44. The van der Waals surface area contributed by atoms with Gasteiger partial charge in [-0.05, 0) is 12.1 Å². The molecule has 1 N–H and O–H groups in total. The van der Waals surface area contributed by atoms with Crippen LogP contribution >= 0.6 is 0 Å². The van der Waals surface area contributed by atoms with Gasteiger partial charge in [0.1, 0.15) is 24.1 Å². The number of rotatable bonds is 5. The lowest BCUT2D eigenvalue weighted by Gasteiger charge is -2.20. The zero-order valence-corrected chi connectivity index (χ0v) is 13.6. The fourth-order valence-electron chi connectivity index (χ4n) is 3.05. The van der Waals surface area contributed by atoms with Crippen LogP contribution in [0.25, 0.3) is 0 Å². The van der Waals surface area contributed by atoms with Gasteiger partial charge in [0.15, 0.2) is 0 Å². The number of nitrogens with one attached hydrogen (secondary N) is 1. The van der Waals surface area contributed by atoms with E-state index in [-0.39, 0.29) is 30.2 Å². The van der Waals surface area contributed by atoms with E-state index in [0.717, 1.165) is 0 Å². The van der Waals surface area contributed by atoms with E-state index in [9.17, 15) is 14.4 Å². The van der Waals surface area contributed by atoms with Crippen molar-refractivity contribution in [3.63, 3.8) is 0 Å². The first-order chi connectivity index (χ1) is 12.1. The number of amides is 1. The summed E-state index contributed by atoms with van der Waals surface area (Å²) in [7, 11) is 1.45. The van der Waals surface area contributed by atoms with Crippen LogP contribution in [0.2, 0.25) is 0 Å². The predicted octanol–water partition coefficient (Wildman–Crippen LogP) is 0.481. The number of benzene rings is 1. The molecule has 0 saturated carbocycles. The molecule has 0 spiro atoms. The molecule has 1 aromatic carbocycles. The molecule has 0 aliphatic carbocycles. The van der Waals surface area contributed by atoms with Crippen molar-refractivity contribution >= 4 is 11.6 Å². The van der Waals surface area contributed by atoms with Crippen molar-refractivity contribution < 1.29 is 13.9 Å². The van der Waals surface area contributed by atoms with Crippen LogP contribution in [0.4, 0.5) is 10.1 Å². The number of carbonyl (C=O) groups is 1. The van der Waals surface area contributed by atoms with E-state index in [1.165, 1.54) is 13.2 Å². The van der Waals surface area contributed by atoms with E-state index >= 15 is 0 Å². The van der Waals surface area contributed by atoms with Crippen LogP contribution < -0.4 is 10.2 Å². The fraction of sp³-hybridized carbons (Fsp3) is 0.375. The minimum Gasteiger partial charge on any atom is -0.375 e. The third-order valence-electron chi connectivity index (χ3n) is 4.14. The molecule has 2 heterocycles. The largest absolute Gasteiger partial charge is 0.375 e. The molecule has 0 unspecified atom stereocenters. The average Bonchev–Trinajstić information content (AvgIpc) is 3.24. The quantitative estimate of drug-likeness (QED) is 0.848. The van der Waals surface area contributed by atoms with E-state index in [2.05, 4.69) is 15.6 Å². The molecule has 1 saturated heterocycles. The normalized spacial score (nSPS) is 19.6. The number of ether oxygens (including phenoxy) is 1. The van der Waals surface area contributed by atoms with Crippen LogP contribution in [0.15, 0.2) is 30.6 Å². The van der Waals surface area contributed by atoms with Gasteiger partial charge in [-0.2, -0.15) is 5.26 Å². The number of halogens is 1. The lowest BCUT2D eigenvalue weighted by molar-refractivity contribution is -0.125. The van der Waals surface area contributed by atoms with Crippen LogP contribution in [-0.4, -0.2) is 53.7 Å². The van der Waals surface area contributed by atoms with Gasteiger partial charge >= 0.3 is 0 Å². The number of aromatic nitrogens is 3. The highest BCUT2D eigenvalue weighted by atomic mass is 19.1. The third-order valence-corrected chi connectivity index (χ3v) is 4.14. The molecule has 0 bridgehead atoms. The molecule has 0 radical (unpaired) electrons. The number of nitriles is 1. The van der Waals surface area contributed by atoms with Gasteiger partial charge in [-0.1, -0.05) is 11.3 Å². The first kappa shape index (κ1) is 16.9. The smallest absolute Gasteiger partial charge is 0.246 e. The van der Waals surface area contributed by atoms with Crippen molar-refractivity contribution in [2.24, 2.45) is 0 Å². The highest BCUT2D eigenvalue weighted by Crippen LogP contribution is 2.30. The summed E-state index contributed by atoms with van der Waals surface area (Å²) < 4.78 is 20.4. The first-order valence-corrected chi connectivity index (χ1v) is 7.71. The first-order valence-electron chi connectivity index (χ1n) is 7.71. The Hall–Kier alpha value is -2.99. The van der Waals surface area contributed by atoms with Gasteiger partial charge in [-0.3, -0.25) is 4.79 Å². The van der Waals surface area contributed by atoms with Crippen molar-refractivity contribution in [2.75, 3.05) is 31.7 Å². The van der Waals surface area contributed by atoms with Gasteiger partial charge < -0.3 is 15.0 Å². The maximum atomic E-state index is 13.9. The predicted molar refractivity (Wildman–Crippen MR) is 86.2 cm³/mol. The summed E-state index contributed by atoms with van der Waals surface area (Å²) in [4.78, 5) is 13.8. The summed E-state index contributed by atoms with van der Waals surface area (Å²) in [6.07, 6.45) is 3.26. The summed E-state index contributed by atoms with van der Waals surface area (Å²) in [5, 5.41) is 20.0. The van der Waals surface area contributed by atoms with Gasteiger partial charge in [0.2, 0.25) is 5.91 Å². The second-order valence-electron chi connectivity index (χ2n) is 5.71. The van der Waals surface area contributed by atoms with Crippen LogP contribution in [0.1, 0.15) is 11.6 Å². The Labute approximate surface area is 143 Å². The Bertz CT molecular complexity index is 788. The number of nitrogens with zero attached hydrogens (tertiary/aromatic N) is 5. The molecule has 1 fully saturated rings. The van der Waals surface area contributed by atoms with Gasteiger partial charge in [-0.25, -0.2) is 9.07 Å². The van der Waals surface area contributed by atoms with Crippen LogP contribution in [0, 0.1) is 17.1 Å². The standard InChI is InChI=1S/C16H17FN6O2/c1-25-10-16(24)20-13-8-22(9-15(13)23-6-5-19-21-23)14-4-2-3-12(17)11(14)7-18/h2-6,13,15H,8-10H2,1H3,(H,20,24)/t13-,15+/m1/s1. The number of methoxy groups -OCH3 is 1. The molecule has 2 atom stereocenters. The summed E-state index contributed by atoms with van der Waals surface area (Å²) in [5.41, 5.74) is 0.486. The lowest BCUT2D eigenvalue weighted by atomic mass is 10.1. The minimum absolute atomic E-state index is 0.0105. The summed E-state index contributed by atoms with van der Waals surface area (Å²) in [6, 6.07) is 5.94. The van der Waals surface area contributed by atoms with Gasteiger partial charge in [0, 0.05) is 26.4 Å². The molecule has 3 rings (SSSR count). The molecule has 1 aliphatic rings. The van der Waals surface area contributed by atoms with Crippen molar-refractivity contribution in [1.82, 2.24) is 20.3 Å². The zero-order chi connectivity index (χ0) is 17.8. The minimum atomic E-state index is -0.566. The lowest BCUT2D eigenvalue weighted by Crippen LogP contribution is -2.43. The highest BCUT2D eigenvalue weighted by molar-refractivity contribution is 5.77. The Morgan fingerprint density at radius 3 is 3.04 bits per heavy atom. The molecule has 9 heteroatoms. The number of hydrogen-bond donors (Lipinski definition) is 1. The van der Waals surface area contributed by atoms with E-state index < -0.39 is 5.82 Å². The highest BCUT2D eigenvalue weighted by Gasteiger charge is 2.36. The van der Waals surface area contributed by atoms with Crippen LogP contribution in [0.5, 0.6) is 0 Å². The molecule has 1 aliphatic heterocycles. The van der Waals surface area contributed by atoms with Gasteiger partial charge in [0.05, 0.1) is 24.0 Å². The number of carbonyl (C=O) groups excluding carboxylic acids is 1. The van der Waals surface area contributed by atoms with Crippen molar-refractivity contribution in [2.45, 2.75) is 12.1 Å². The van der Waals surface area contributed by atoms with Crippen molar-refractivity contribution in [3.8, 4) is 6.07 Å². The van der Waals surface area contributed by atoms with Gasteiger partial charge in [-0.15, -0.1) is 5.10 Å². The molecular weight excluding hydrogens is 327 g/mol. The second-order valence-corrected chi connectivity index (χ2v) is 5.71. The molecule has 130 valence electrons. The zero-order valence-electron chi connectivity index (χ0n) is 13.6. The van der Waals surface area contributed by atoms with E-state index in [1.807, 2.05) is 11.0 Å². The fourth-order valence-corrected chi connectivity index (χ4v) is 3.05. The topological polar surface area (TPSA) is 96.1 Å². The number of hydrogen-bond acceptors (Lipinski definition) is 6. The Balaban J connectivity index is 1.88. The van der Waals surface area contributed by atoms with Crippen molar-refractivity contribution in [1.29, 1.82) is 5.26 Å². The van der Waals surface area contributed by atoms with E-state index in [0.29, 0.717) is 18.8 Å². The SMILES string of the molecule is COCC(=O)N[C@@H]1CN(c2cccc(F)c2C#N)C[C@@H]1n1ccnn1. The maximum Gasteiger partial charge on any atom is 0.246 e. The molecule has 1 aromatic heterocycles. The van der Waals surface area contributed by atoms with Crippen LogP contribution in [0.3, 0.4) is 0 Å². The monoisotopic (exact) mass is 344 g/mol. The Morgan fingerprint density at radius 1 is 1.52 bits per heavy atom. The summed E-state index contributed by atoms with van der Waals surface area (Å²) in [5.74, 6) is -0.816. The summed E-state index contributed by atoms with van der Waals surface area (Å²) in [6.45, 7) is 0.821. The van der Waals surface area contributed by atoms with Crippen molar-refractivity contribution in [3.05, 3.63) is 42.0 Å². The van der Waals surface area contributed by atoms with Gasteiger partial charge in [0.25, 0.3) is 0 Å². The Kier molecular flexibility index (Phi) is 4.90. The van der Waals surface area contributed by atoms with E-state index in [1.54, 1.807) is 29.2 Å². The maximum absolute atomic E-state index is 13.9. The molecule has 25 heavy (non-hydrogen) atoms. The molecule has 8 nitrogen and oxygen atoms in total. The summed E-state index contributed by atoms with van der Waals surface area (Å²) >= 11 is 0. The average molecular weight is 344 g/mol. The van der Waals surface area contributed by atoms with Crippen LogP contribution in [-0.2, 0) is 9.53 Å². The second kappa shape index (κ2) is 7.27. The van der Waals surface area contributed by atoms with E-state index in [4.69, 9.17) is 4.74 Å². The molecular formula is C16H17FN6O2. The molecule has 2 aromatic rings. The number of anilines is 1.